The fourth-order valence-electron chi connectivity index (χ4n) is 0.952. The first-order valence-corrected chi connectivity index (χ1v) is 5.59. The predicted octanol–water partition coefficient (Wildman–Crippen LogP) is 1.59. The molecule has 6 heteroatoms. The van der Waals surface area contributed by atoms with E-state index in [1.165, 1.54) is 6.07 Å². The first-order valence-electron chi connectivity index (χ1n) is 3.35. The highest BCUT2D eigenvalue weighted by Crippen LogP contribution is 2.27. The third-order valence-corrected chi connectivity index (χ3v) is 3.71. The molecule has 1 aromatic carbocycles. The van der Waals surface area contributed by atoms with Crippen LogP contribution in [-0.4, -0.2) is 13.0 Å². The van der Waals surface area contributed by atoms with Gasteiger partial charge in [-0.05, 0) is 40.5 Å². The van der Waals surface area contributed by atoms with Crippen LogP contribution in [0.25, 0.3) is 0 Å². The summed E-state index contributed by atoms with van der Waals surface area (Å²) in [5.41, 5.74) is 6.39. The molecule has 0 radical (unpaired) electrons. The van der Waals surface area contributed by atoms with E-state index in [4.69, 9.17) is 10.3 Å². The molecule has 0 aromatic heterocycles. The summed E-state index contributed by atoms with van der Waals surface area (Å²) in [6, 6.07) is 2.81. The molecule has 0 bridgehead atoms. The van der Waals surface area contributed by atoms with Gasteiger partial charge in [0, 0.05) is 10.2 Å². The summed E-state index contributed by atoms with van der Waals surface area (Å²) in [4.78, 5) is -0.204. The molecule has 0 spiro atoms. The van der Waals surface area contributed by atoms with Crippen LogP contribution in [0.3, 0.4) is 0 Å². The van der Waals surface area contributed by atoms with Gasteiger partial charge in [0.05, 0.1) is 0 Å². The molecule has 0 heterocycles. The number of hydrogen-bond donors (Lipinski definition) is 2. The highest BCUT2D eigenvalue weighted by molar-refractivity contribution is 9.10. The molecule has 0 fully saturated rings. The van der Waals surface area contributed by atoms with Crippen molar-refractivity contribution in [2.24, 2.45) is 0 Å². The SMILES string of the molecule is Cc1cc(N)cc(S(=O)(=O)O)c1Br. The Morgan fingerprint density at radius 3 is 2.46 bits per heavy atom. The summed E-state index contributed by atoms with van der Waals surface area (Å²) in [6.07, 6.45) is 0. The van der Waals surface area contributed by atoms with E-state index in [1.807, 2.05) is 0 Å². The number of anilines is 1. The van der Waals surface area contributed by atoms with Gasteiger partial charge in [0.25, 0.3) is 10.1 Å². The second-order valence-electron chi connectivity index (χ2n) is 2.62. The Bertz CT molecular complexity index is 441. The molecule has 13 heavy (non-hydrogen) atoms. The van der Waals surface area contributed by atoms with E-state index >= 15 is 0 Å². The Morgan fingerprint density at radius 2 is 2.00 bits per heavy atom. The molecule has 0 amide bonds. The molecule has 0 saturated heterocycles. The van der Waals surface area contributed by atoms with Crippen LogP contribution in [0.5, 0.6) is 0 Å². The van der Waals surface area contributed by atoms with Crippen LogP contribution >= 0.6 is 15.9 Å². The molecule has 0 unspecified atom stereocenters. The van der Waals surface area contributed by atoms with Crippen molar-refractivity contribution < 1.29 is 13.0 Å². The second kappa shape index (κ2) is 3.28. The number of nitrogens with two attached hydrogens (primary N) is 1. The molecular weight excluding hydrogens is 258 g/mol. The van der Waals surface area contributed by atoms with E-state index in [-0.39, 0.29) is 4.90 Å². The van der Waals surface area contributed by atoms with Gasteiger partial charge >= 0.3 is 0 Å². The molecule has 72 valence electrons. The van der Waals surface area contributed by atoms with Gasteiger partial charge < -0.3 is 5.73 Å². The van der Waals surface area contributed by atoms with Gasteiger partial charge in [0.2, 0.25) is 0 Å². The number of nitrogen functional groups attached to an aromatic ring is 1. The Hall–Kier alpha value is -0.590. The van der Waals surface area contributed by atoms with Crippen LogP contribution in [0.2, 0.25) is 0 Å². The van der Waals surface area contributed by atoms with E-state index in [0.717, 1.165) is 0 Å². The largest absolute Gasteiger partial charge is 0.399 e. The minimum Gasteiger partial charge on any atom is -0.399 e. The zero-order valence-corrected chi connectivity index (χ0v) is 9.18. The fourth-order valence-corrected chi connectivity index (χ4v) is 2.47. The molecule has 0 aliphatic rings. The zero-order chi connectivity index (χ0) is 10.2. The highest BCUT2D eigenvalue weighted by atomic mass is 79.9. The maximum atomic E-state index is 10.8. The van der Waals surface area contributed by atoms with Crippen molar-refractivity contribution in [3.63, 3.8) is 0 Å². The summed E-state index contributed by atoms with van der Waals surface area (Å²) in [5.74, 6) is 0. The Morgan fingerprint density at radius 1 is 1.46 bits per heavy atom. The van der Waals surface area contributed by atoms with E-state index in [0.29, 0.717) is 15.7 Å². The molecule has 3 N–H and O–H groups in total. The minimum atomic E-state index is -4.21. The lowest BCUT2D eigenvalue weighted by Crippen LogP contribution is -2.02. The second-order valence-corrected chi connectivity index (χ2v) is 4.81. The quantitative estimate of drug-likeness (QED) is 0.597. The molecule has 4 nitrogen and oxygen atoms in total. The van der Waals surface area contributed by atoms with Gasteiger partial charge in [-0.15, -0.1) is 0 Å². The first-order chi connectivity index (χ1) is 5.82. The topological polar surface area (TPSA) is 80.4 Å². The van der Waals surface area contributed by atoms with Crippen molar-refractivity contribution >= 4 is 31.7 Å². The molecule has 1 rings (SSSR count). The summed E-state index contributed by atoms with van der Waals surface area (Å²) in [5, 5.41) is 0. The summed E-state index contributed by atoms with van der Waals surface area (Å²) in [6.45, 7) is 1.69. The Labute approximate surface area is 84.6 Å². The number of rotatable bonds is 1. The third kappa shape index (κ3) is 2.20. The number of halogens is 1. The van der Waals surface area contributed by atoms with Gasteiger partial charge in [-0.1, -0.05) is 0 Å². The van der Waals surface area contributed by atoms with Gasteiger partial charge in [-0.25, -0.2) is 0 Å². The Kier molecular flexibility index (Phi) is 2.65. The standard InChI is InChI=1S/C7H8BrNO3S/c1-4-2-5(9)3-6(7(4)8)13(10,11)12/h2-3H,9H2,1H3,(H,10,11,12). The van der Waals surface area contributed by atoms with Crippen LogP contribution in [0.4, 0.5) is 5.69 Å². The lowest BCUT2D eigenvalue weighted by atomic mass is 10.2. The normalized spacial score (nSPS) is 11.6. The Balaban J connectivity index is 3.56. The van der Waals surface area contributed by atoms with Crippen molar-refractivity contribution in [3.05, 3.63) is 22.2 Å². The first kappa shape index (κ1) is 10.5. The van der Waals surface area contributed by atoms with E-state index in [2.05, 4.69) is 15.9 Å². The fraction of sp³-hybridized carbons (Fsp3) is 0.143. The molecule has 0 aliphatic carbocycles. The third-order valence-electron chi connectivity index (χ3n) is 1.52. The van der Waals surface area contributed by atoms with Crippen molar-refractivity contribution in [1.82, 2.24) is 0 Å². The predicted molar refractivity (Wildman–Crippen MR) is 53.1 cm³/mol. The molecule has 0 atom stereocenters. The minimum absolute atomic E-state index is 0.204. The van der Waals surface area contributed by atoms with Gasteiger partial charge in [0.1, 0.15) is 4.90 Å². The molecular formula is C7H8BrNO3S. The number of benzene rings is 1. The van der Waals surface area contributed by atoms with Crippen LogP contribution < -0.4 is 5.73 Å². The van der Waals surface area contributed by atoms with E-state index in [9.17, 15) is 8.42 Å². The lowest BCUT2D eigenvalue weighted by Gasteiger charge is -2.05. The van der Waals surface area contributed by atoms with Crippen LogP contribution in [0, 0.1) is 6.92 Å². The monoisotopic (exact) mass is 265 g/mol. The van der Waals surface area contributed by atoms with Crippen molar-refractivity contribution in [3.8, 4) is 0 Å². The molecule has 0 aliphatic heterocycles. The summed E-state index contributed by atoms with van der Waals surface area (Å²) >= 11 is 3.06. The molecule has 0 saturated carbocycles. The van der Waals surface area contributed by atoms with Crippen LogP contribution in [0.15, 0.2) is 21.5 Å². The lowest BCUT2D eigenvalue weighted by molar-refractivity contribution is 0.482. The maximum Gasteiger partial charge on any atom is 0.295 e. The van der Waals surface area contributed by atoms with Gasteiger partial charge in [-0.2, -0.15) is 8.42 Å². The smallest absolute Gasteiger partial charge is 0.295 e. The average Bonchev–Trinajstić information content (AvgIpc) is 1.94. The van der Waals surface area contributed by atoms with Crippen LogP contribution in [-0.2, 0) is 10.1 Å². The van der Waals surface area contributed by atoms with Gasteiger partial charge in [-0.3, -0.25) is 4.55 Å². The van der Waals surface area contributed by atoms with Crippen molar-refractivity contribution in [2.75, 3.05) is 5.73 Å². The molecule has 1 aromatic rings. The highest BCUT2D eigenvalue weighted by Gasteiger charge is 2.16. The van der Waals surface area contributed by atoms with E-state index < -0.39 is 10.1 Å². The van der Waals surface area contributed by atoms with E-state index in [1.54, 1.807) is 13.0 Å². The number of aryl methyl sites for hydroxylation is 1. The van der Waals surface area contributed by atoms with Gasteiger partial charge in [0.15, 0.2) is 0 Å². The maximum absolute atomic E-state index is 10.8. The number of hydrogen-bond acceptors (Lipinski definition) is 3. The zero-order valence-electron chi connectivity index (χ0n) is 6.78. The van der Waals surface area contributed by atoms with Crippen molar-refractivity contribution in [1.29, 1.82) is 0 Å². The average molecular weight is 266 g/mol. The summed E-state index contributed by atoms with van der Waals surface area (Å²) in [7, 11) is -4.21. The van der Waals surface area contributed by atoms with Crippen LogP contribution in [0.1, 0.15) is 5.56 Å². The van der Waals surface area contributed by atoms with Crippen molar-refractivity contribution in [2.45, 2.75) is 11.8 Å². The summed E-state index contributed by atoms with van der Waals surface area (Å²) < 4.78 is 30.8.